The van der Waals surface area contributed by atoms with Crippen LogP contribution in [0.15, 0.2) is 72.8 Å². The van der Waals surface area contributed by atoms with Crippen molar-refractivity contribution in [3.8, 4) is 0 Å². The van der Waals surface area contributed by atoms with Gasteiger partial charge in [-0.05, 0) is 153 Å². The lowest BCUT2D eigenvalue weighted by atomic mass is 9.88. The summed E-state index contributed by atoms with van der Waals surface area (Å²) in [5.41, 5.74) is 24.8. The molecule has 0 spiro atoms. The summed E-state index contributed by atoms with van der Waals surface area (Å²) >= 11 is 0. The van der Waals surface area contributed by atoms with Crippen LogP contribution in [0.25, 0.3) is 34.4 Å². The maximum atomic E-state index is 2.44. The minimum Gasteiger partial charge on any atom is -0.0795 e. The van der Waals surface area contributed by atoms with Gasteiger partial charge in [-0.2, -0.15) is 0 Å². The molecule has 0 amide bonds. The second-order valence-electron chi connectivity index (χ2n) is 11.5. The summed E-state index contributed by atoms with van der Waals surface area (Å²) in [6.07, 6.45) is 11.2. The Labute approximate surface area is 225 Å². The van der Waals surface area contributed by atoms with E-state index in [1.165, 1.54) is 100 Å². The standard InChI is InChI=1S/C38H30/c1-21-15-31-33(17-23(21)3)37-36(30-14-12-26-8-6-10-28(26)20-30)32-16-22(2)24(4)18-34(32)38(37)35(31)29-13-11-25-7-5-9-27(25)19-29/h5-6,9-20H,7-8H2,1-4H3. The van der Waals surface area contributed by atoms with Gasteiger partial charge in [-0.15, -0.1) is 0 Å². The number of hydrogen-bond acceptors (Lipinski definition) is 0. The molecule has 0 atom stereocenters. The Kier molecular flexibility index (Phi) is 4.42. The molecule has 8 rings (SSSR count). The fourth-order valence-corrected chi connectivity index (χ4v) is 6.93. The van der Waals surface area contributed by atoms with Crippen molar-refractivity contribution in [3.63, 3.8) is 0 Å². The van der Waals surface area contributed by atoms with Crippen LogP contribution in [0.2, 0.25) is 0 Å². The molecule has 0 radical (unpaired) electrons. The van der Waals surface area contributed by atoms with Gasteiger partial charge in [0.15, 0.2) is 0 Å². The normalized spacial score (nSPS) is 15.8. The van der Waals surface area contributed by atoms with E-state index >= 15 is 0 Å². The molecule has 4 aromatic rings. The third kappa shape index (κ3) is 2.92. The summed E-state index contributed by atoms with van der Waals surface area (Å²) in [6, 6.07) is 24.0. The first-order valence-corrected chi connectivity index (χ1v) is 13.8. The Morgan fingerprint density at radius 2 is 0.789 bits per heavy atom. The maximum Gasteiger partial charge on any atom is -0.000753 e. The number of allylic oxidation sites excluding steroid dienone is 4. The van der Waals surface area contributed by atoms with E-state index in [0.29, 0.717) is 0 Å². The van der Waals surface area contributed by atoms with Crippen LogP contribution in [-0.2, 0) is 12.8 Å². The summed E-state index contributed by atoms with van der Waals surface area (Å²) in [4.78, 5) is 0. The van der Waals surface area contributed by atoms with Gasteiger partial charge in [0.25, 0.3) is 0 Å². The van der Waals surface area contributed by atoms with E-state index in [0.717, 1.165) is 12.8 Å². The molecule has 0 saturated carbocycles. The van der Waals surface area contributed by atoms with E-state index in [1.807, 2.05) is 0 Å². The largest absolute Gasteiger partial charge is 0.0795 e. The molecule has 0 saturated heterocycles. The van der Waals surface area contributed by atoms with E-state index in [1.54, 1.807) is 0 Å². The Balaban J connectivity index is 1.51. The van der Waals surface area contributed by atoms with Gasteiger partial charge in [0, 0.05) is 0 Å². The second kappa shape index (κ2) is 7.68. The molecule has 0 heteroatoms. The third-order valence-corrected chi connectivity index (χ3v) is 9.23. The molecule has 0 bridgehead atoms. The van der Waals surface area contributed by atoms with Gasteiger partial charge in [0.05, 0.1) is 0 Å². The quantitative estimate of drug-likeness (QED) is 0.265. The van der Waals surface area contributed by atoms with Gasteiger partial charge in [0.1, 0.15) is 0 Å². The minimum atomic E-state index is 1.04. The molecule has 0 fully saturated rings. The van der Waals surface area contributed by atoms with E-state index in [-0.39, 0.29) is 0 Å². The number of aryl methyl sites for hydroxylation is 4. The highest BCUT2D eigenvalue weighted by molar-refractivity contribution is 6.35. The minimum absolute atomic E-state index is 1.04. The van der Waals surface area contributed by atoms with Gasteiger partial charge in [-0.1, -0.05) is 72.8 Å². The molecule has 0 nitrogen and oxygen atoms in total. The van der Waals surface area contributed by atoms with Crippen molar-refractivity contribution in [2.24, 2.45) is 0 Å². The van der Waals surface area contributed by atoms with Crippen molar-refractivity contribution in [1.29, 1.82) is 0 Å². The predicted octanol–water partition coefficient (Wildman–Crippen LogP) is 9.30. The molecule has 0 aliphatic heterocycles. The average molecular weight is 487 g/mol. The van der Waals surface area contributed by atoms with Crippen molar-refractivity contribution >= 4 is 34.4 Å². The Hall–Kier alpha value is -4.16. The van der Waals surface area contributed by atoms with Crippen molar-refractivity contribution in [2.45, 2.75) is 40.5 Å². The molecule has 182 valence electrons. The van der Waals surface area contributed by atoms with E-state index in [9.17, 15) is 0 Å². The average Bonchev–Trinajstić information content (AvgIpc) is 3.68. The topological polar surface area (TPSA) is 0 Å². The van der Waals surface area contributed by atoms with Gasteiger partial charge >= 0.3 is 0 Å². The fourth-order valence-electron chi connectivity index (χ4n) is 6.93. The van der Waals surface area contributed by atoms with Crippen molar-refractivity contribution < 1.29 is 0 Å². The lowest BCUT2D eigenvalue weighted by Gasteiger charge is -2.16. The Bertz CT molecular complexity index is 1740. The monoisotopic (exact) mass is 486 g/mol. The van der Waals surface area contributed by atoms with E-state index < -0.39 is 0 Å². The van der Waals surface area contributed by atoms with Crippen LogP contribution in [-0.4, -0.2) is 0 Å². The molecule has 4 aliphatic rings. The van der Waals surface area contributed by atoms with E-state index in [4.69, 9.17) is 0 Å². The first-order valence-electron chi connectivity index (χ1n) is 13.8. The van der Waals surface area contributed by atoms with Crippen LogP contribution in [0.1, 0.15) is 77.9 Å². The van der Waals surface area contributed by atoms with Gasteiger partial charge in [0.2, 0.25) is 0 Å². The lowest BCUT2D eigenvalue weighted by Crippen LogP contribution is -1.97. The Morgan fingerprint density at radius 1 is 0.421 bits per heavy atom. The highest BCUT2D eigenvalue weighted by Crippen LogP contribution is 2.59. The number of hydrogen-bond donors (Lipinski definition) is 0. The number of benzene rings is 4. The van der Waals surface area contributed by atoms with Crippen molar-refractivity contribution in [1.82, 2.24) is 0 Å². The highest BCUT2D eigenvalue weighted by atomic mass is 14.4. The van der Waals surface area contributed by atoms with E-state index in [2.05, 4.69) is 113 Å². The summed E-state index contributed by atoms with van der Waals surface area (Å²) in [5.74, 6) is 0. The molecule has 0 unspecified atom stereocenters. The summed E-state index contributed by atoms with van der Waals surface area (Å²) < 4.78 is 0. The maximum absolute atomic E-state index is 2.44. The van der Waals surface area contributed by atoms with Gasteiger partial charge < -0.3 is 0 Å². The molecule has 0 heterocycles. The smallest absolute Gasteiger partial charge is 0.000753 e. The third-order valence-electron chi connectivity index (χ3n) is 9.23. The zero-order valence-corrected chi connectivity index (χ0v) is 22.5. The van der Waals surface area contributed by atoms with Crippen molar-refractivity contribution in [3.05, 3.63) is 151 Å². The van der Waals surface area contributed by atoms with Crippen LogP contribution in [0.4, 0.5) is 0 Å². The first-order chi connectivity index (χ1) is 18.5. The predicted molar refractivity (Wildman–Crippen MR) is 162 cm³/mol. The number of rotatable bonds is 2. The lowest BCUT2D eigenvalue weighted by molar-refractivity contribution is 1.30. The van der Waals surface area contributed by atoms with Crippen molar-refractivity contribution in [2.75, 3.05) is 0 Å². The molecule has 0 N–H and O–H groups in total. The zero-order chi connectivity index (χ0) is 25.7. The van der Waals surface area contributed by atoms with Crippen LogP contribution >= 0.6 is 0 Å². The summed E-state index contributed by atoms with van der Waals surface area (Å²) in [6.45, 7) is 9.01. The van der Waals surface area contributed by atoms with Crippen LogP contribution in [0.3, 0.4) is 0 Å². The second-order valence-corrected chi connectivity index (χ2v) is 11.5. The van der Waals surface area contributed by atoms with Gasteiger partial charge in [-0.25, -0.2) is 0 Å². The molecule has 4 aromatic carbocycles. The van der Waals surface area contributed by atoms with Crippen LogP contribution < -0.4 is 0 Å². The first kappa shape index (κ1) is 21.9. The summed E-state index contributed by atoms with van der Waals surface area (Å²) in [7, 11) is 0. The highest BCUT2D eigenvalue weighted by Gasteiger charge is 2.38. The molecule has 4 aliphatic carbocycles. The SMILES string of the molecule is Cc1cc2c(cc1C)C(c1ccc3c(c1)C=CC3)=C1C2=C(c2ccc3c(c2)C=CC3)c2cc(C)c(C)cc21. The molecule has 0 aromatic heterocycles. The van der Waals surface area contributed by atoms with Gasteiger partial charge in [-0.3, -0.25) is 0 Å². The number of fused-ring (bicyclic) bond motifs is 7. The van der Waals surface area contributed by atoms with Crippen LogP contribution in [0.5, 0.6) is 0 Å². The summed E-state index contributed by atoms with van der Waals surface area (Å²) in [5, 5.41) is 0. The molecule has 38 heavy (non-hydrogen) atoms. The molecular weight excluding hydrogens is 456 g/mol. The molecular formula is C38H30. The fraction of sp³-hybridized carbons (Fsp3) is 0.158. The van der Waals surface area contributed by atoms with Crippen LogP contribution in [0, 0.1) is 27.7 Å². The Morgan fingerprint density at radius 3 is 1.18 bits per heavy atom. The zero-order valence-electron chi connectivity index (χ0n) is 22.5.